The predicted octanol–water partition coefficient (Wildman–Crippen LogP) is 1.55. The molecule has 2 saturated heterocycles. The number of hydrogen-bond donors (Lipinski definition) is 1. The van der Waals surface area contributed by atoms with Crippen LogP contribution in [0.2, 0.25) is 0 Å². The Bertz CT molecular complexity index is 513. The zero-order valence-electron chi connectivity index (χ0n) is 14.8. The fourth-order valence-electron chi connectivity index (χ4n) is 3.92. The third-order valence-electron chi connectivity index (χ3n) is 5.43. The minimum atomic E-state index is 0.155. The second kappa shape index (κ2) is 8.58. The van der Waals surface area contributed by atoms with Crippen molar-refractivity contribution in [1.82, 2.24) is 20.1 Å². The van der Waals surface area contributed by atoms with Gasteiger partial charge in [0, 0.05) is 37.4 Å². The number of nitrogens with zero attached hydrogens (tertiary/aromatic N) is 3. The van der Waals surface area contributed by atoms with Crippen LogP contribution in [0, 0.1) is 5.92 Å². The van der Waals surface area contributed by atoms with Crippen molar-refractivity contribution in [1.29, 1.82) is 0 Å². The number of likely N-dealkylation sites (tertiary alicyclic amines) is 2. The maximum Gasteiger partial charge on any atom is 0.224 e. The lowest BCUT2D eigenvalue weighted by Crippen LogP contribution is -2.50. The van der Waals surface area contributed by atoms with E-state index in [-0.39, 0.29) is 11.8 Å². The Kier molecular flexibility index (Phi) is 6.21. The first-order valence-electron chi connectivity index (χ1n) is 9.32. The summed E-state index contributed by atoms with van der Waals surface area (Å²) in [6, 6.07) is 6.59. The van der Waals surface area contributed by atoms with Crippen molar-refractivity contribution in [3.8, 4) is 0 Å². The monoisotopic (exact) mass is 330 g/mol. The largest absolute Gasteiger partial charge is 0.355 e. The van der Waals surface area contributed by atoms with E-state index in [2.05, 4.69) is 27.1 Å². The summed E-state index contributed by atoms with van der Waals surface area (Å²) in [5.41, 5.74) is 1.04. The van der Waals surface area contributed by atoms with Crippen LogP contribution in [0.3, 0.4) is 0 Å². The summed E-state index contributed by atoms with van der Waals surface area (Å²) >= 11 is 0. The molecule has 3 heterocycles. The van der Waals surface area contributed by atoms with Crippen molar-refractivity contribution < 1.29 is 4.79 Å². The molecular formula is C19H30N4O. The van der Waals surface area contributed by atoms with E-state index >= 15 is 0 Å². The minimum absolute atomic E-state index is 0.155. The topological polar surface area (TPSA) is 48.5 Å². The molecule has 0 spiro atoms. The number of carbonyl (C=O) groups is 1. The second-order valence-electron chi connectivity index (χ2n) is 7.23. The van der Waals surface area contributed by atoms with Crippen LogP contribution < -0.4 is 5.32 Å². The third-order valence-corrected chi connectivity index (χ3v) is 5.43. The van der Waals surface area contributed by atoms with E-state index in [9.17, 15) is 4.79 Å². The zero-order valence-corrected chi connectivity index (χ0v) is 14.8. The maximum atomic E-state index is 12.5. The van der Waals surface area contributed by atoms with Crippen molar-refractivity contribution in [3.05, 3.63) is 30.1 Å². The van der Waals surface area contributed by atoms with Gasteiger partial charge in [-0.15, -0.1) is 0 Å². The molecule has 0 bridgehead atoms. The van der Waals surface area contributed by atoms with Gasteiger partial charge in [-0.2, -0.15) is 0 Å². The molecule has 5 heteroatoms. The van der Waals surface area contributed by atoms with Crippen molar-refractivity contribution in [2.75, 3.05) is 39.8 Å². The fraction of sp³-hybridized carbons (Fsp3) is 0.684. The van der Waals surface area contributed by atoms with Gasteiger partial charge in [-0.1, -0.05) is 6.07 Å². The van der Waals surface area contributed by atoms with E-state index in [1.165, 1.54) is 25.9 Å². The van der Waals surface area contributed by atoms with Crippen molar-refractivity contribution >= 4 is 5.91 Å². The van der Waals surface area contributed by atoms with E-state index in [1.54, 1.807) is 6.20 Å². The summed E-state index contributed by atoms with van der Waals surface area (Å²) < 4.78 is 0. The molecule has 0 saturated carbocycles. The number of carbonyl (C=O) groups excluding carboxylic acids is 1. The van der Waals surface area contributed by atoms with Crippen molar-refractivity contribution in [2.45, 2.75) is 38.1 Å². The molecule has 3 rings (SSSR count). The highest BCUT2D eigenvalue weighted by molar-refractivity contribution is 5.78. The summed E-state index contributed by atoms with van der Waals surface area (Å²) in [4.78, 5) is 21.8. The Morgan fingerprint density at radius 3 is 2.83 bits per heavy atom. The highest BCUT2D eigenvalue weighted by Gasteiger charge is 2.30. The Balaban J connectivity index is 1.43. The molecule has 5 nitrogen and oxygen atoms in total. The smallest absolute Gasteiger partial charge is 0.224 e. The number of aromatic nitrogens is 1. The van der Waals surface area contributed by atoms with Gasteiger partial charge in [-0.05, 0) is 64.5 Å². The molecule has 1 amide bonds. The Morgan fingerprint density at radius 2 is 2.08 bits per heavy atom. The van der Waals surface area contributed by atoms with Crippen LogP contribution in [0.5, 0.6) is 0 Å². The lowest BCUT2D eigenvalue weighted by atomic mass is 9.93. The molecule has 2 aliphatic rings. The summed E-state index contributed by atoms with van der Waals surface area (Å²) in [6.45, 7) is 5.14. The predicted molar refractivity (Wildman–Crippen MR) is 95.8 cm³/mol. The van der Waals surface area contributed by atoms with E-state index in [4.69, 9.17) is 0 Å². The number of hydrogen-bond acceptors (Lipinski definition) is 4. The van der Waals surface area contributed by atoms with Crippen LogP contribution in [0.4, 0.5) is 0 Å². The van der Waals surface area contributed by atoms with Gasteiger partial charge in [0.2, 0.25) is 5.91 Å². The van der Waals surface area contributed by atoms with E-state index in [0.29, 0.717) is 12.6 Å². The van der Waals surface area contributed by atoms with Crippen LogP contribution in [0.15, 0.2) is 24.4 Å². The molecule has 1 N–H and O–H groups in total. The van der Waals surface area contributed by atoms with E-state index in [0.717, 1.165) is 38.0 Å². The van der Waals surface area contributed by atoms with Crippen molar-refractivity contribution in [2.24, 2.45) is 5.92 Å². The quantitative estimate of drug-likeness (QED) is 0.890. The average molecular weight is 330 g/mol. The van der Waals surface area contributed by atoms with Gasteiger partial charge in [0.15, 0.2) is 0 Å². The van der Waals surface area contributed by atoms with Crippen LogP contribution in [-0.2, 0) is 11.2 Å². The van der Waals surface area contributed by atoms with Crippen LogP contribution in [0.1, 0.15) is 31.4 Å². The number of rotatable bonds is 5. The van der Waals surface area contributed by atoms with Crippen LogP contribution in [-0.4, -0.2) is 66.5 Å². The molecule has 1 aromatic rings. The highest BCUT2D eigenvalue weighted by atomic mass is 16.1. The molecule has 0 aromatic carbocycles. The summed E-state index contributed by atoms with van der Waals surface area (Å²) in [6.07, 6.45) is 7.26. The van der Waals surface area contributed by atoms with Gasteiger partial charge in [0.05, 0.1) is 5.92 Å². The first-order chi connectivity index (χ1) is 11.7. The van der Waals surface area contributed by atoms with Crippen LogP contribution >= 0.6 is 0 Å². The molecule has 0 aliphatic carbocycles. The fourth-order valence-corrected chi connectivity index (χ4v) is 3.92. The van der Waals surface area contributed by atoms with Gasteiger partial charge in [0.25, 0.3) is 0 Å². The third kappa shape index (κ3) is 4.77. The normalized spacial score (nSPS) is 24.0. The van der Waals surface area contributed by atoms with Crippen molar-refractivity contribution in [3.63, 3.8) is 0 Å². The first kappa shape index (κ1) is 17.4. The molecule has 2 aliphatic heterocycles. The Labute approximate surface area is 145 Å². The van der Waals surface area contributed by atoms with Gasteiger partial charge in [0.1, 0.15) is 0 Å². The minimum Gasteiger partial charge on any atom is -0.355 e. The molecule has 1 atom stereocenters. The summed E-state index contributed by atoms with van der Waals surface area (Å²) in [5, 5.41) is 3.12. The SMILES string of the molecule is CN1CCC(N2CCCC(C(=O)NCCc3ccccn3)C2)CC1. The molecule has 0 radical (unpaired) electrons. The molecule has 132 valence electrons. The molecule has 24 heavy (non-hydrogen) atoms. The first-order valence-corrected chi connectivity index (χ1v) is 9.32. The molecule has 2 fully saturated rings. The van der Waals surface area contributed by atoms with E-state index in [1.807, 2.05) is 18.2 Å². The zero-order chi connectivity index (χ0) is 16.8. The Hall–Kier alpha value is -1.46. The number of amides is 1. The van der Waals surface area contributed by atoms with Gasteiger partial charge in [-0.3, -0.25) is 14.7 Å². The van der Waals surface area contributed by atoms with Crippen LogP contribution in [0.25, 0.3) is 0 Å². The van der Waals surface area contributed by atoms with E-state index < -0.39 is 0 Å². The number of pyridine rings is 1. The maximum absolute atomic E-state index is 12.5. The summed E-state index contributed by atoms with van der Waals surface area (Å²) in [5.74, 6) is 0.380. The standard InChI is InChI=1S/C19H30N4O/c1-22-13-8-18(9-14-22)23-12-4-5-16(15-23)19(24)21-11-7-17-6-2-3-10-20-17/h2-3,6,10,16,18H,4-5,7-9,11-15H2,1H3,(H,21,24). The average Bonchev–Trinajstić information content (AvgIpc) is 2.63. The van der Waals surface area contributed by atoms with Gasteiger partial charge < -0.3 is 10.2 Å². The molecular weight excluding hydrogens is 300 g/mol. The highest BCUT2D eigenvalue weighted by Crippen LogP contribution is 2.23. The molecule has 1 unspecified atom stereocenters. The van der Waals surface area contributed by atoms with Gasteiger partial charge in [-0.25, -0.2) is 0 Å². The number of nitrogens with one attached hydrogen (secondary N) is 1. The Morgan fingerprint density at radius 1 is 1.25 bits per heavy atom. The molecule has 1 aromatic heterocycles. The lowest BCUT2D eigenvalue weighted by molar-refractivity contribution is -0.127. The van der Waals surface area contributed by atoms with Gasteiger partial charge >= 0.3 is 0 Å². The second-order valence-corrected chi connectivity index (χ2v) is 7.23. The number of piperidine rings is 2. The lowest BCUT2D eigenvalue weighted by Gasteiger charge is -2.41. The summed E-state index contributed by atoms with van der Waals surface area (Å²) in [7, 11) is 2.20.